The van der Waals surface area contributed by atoms with Crippen molar-refractivity contribution in [2.75, 3.05) is 43.1 Å². The van der Waals surface area contributed by atoms with E-state index in [1.165, 1.54) is 17.0 Å². The molecule has 1 heterocycles. The minimum absolute atomic E-state index is 0.127. The number of hydrogen-bond donors (Lipinski definition) is 2. The highest BCUT2D eigenvalue weighted by molar-refractivity contribution is 5.98. The number of nitrogens with zero attached hydrogens (tertiary/aromatic N) is 2. The van der Waals surface area contributed by atoms with E-state index < -0.39 is 12.7 Å². The Hall–Kier alpha value is -2.30. The summed E-state index contributed by atoms with van der Waals surface area (Å²) in [6.45, 7) is 2.38. The number of alkyl halides is 2. The van der Waals surface area contributed by atoms with Crippen LogP contribution in [0.2, 0.25) is 0 Å². The van der Waals surface area contributed by atoms with Crippen LogP contribution in [0, 0.1) is 5.92 Å². The van der Waals surface area contributed by atoms with Gasteiger partial charge in [0.15, 0.2) is 5.75 Å². The van der Waals surface area contributed by atoms with Gasteiger partial charge in [-0.2, -0.15) is 8.78 Å². The van der Waals surface area contributed by atoms with Gasteiger partial charge in [-0.3, -0.25) is 14.5 Å². The topological polar surface area (TPSA) is 97.1 Å². The second-order valence-corrected chi connectivity index (χ2v) is 8.22. The van der Waals surface area contributed by atoms with Gasteiger partial charge in [0.1, 0.15) is 12.6 Å². The summed E-state index contributed by atoms with van der Waals surface area (Å²) in [4.78, 5) is 28.6. The van der Waals surface area contributed by atoms with Gasteiger partial charge in [0.05, 0.1) is 12.3 Å². The Morgan fingerprint density at radius 1 is 1.39 bits per heavy atom. The van der Waals surface area contributed by atoms with E-state index in [1.807, 2.05) is 0 Å². The summed E-state index contributed by atoms with van der Waals surface area (Å²) in [7, 11) is 0. The normalized spacial score (nSPS) is 18.1. The largest absolute Gasteiger partial charge is 0.433 e. The number of carbonyl (C=O) groups is 2. The molecular formula is C21H30F2N4O4. The van der Waals surface area contributed by atoms with E-state index in [2.05, 4.69) is 28.8 Å². The number of morpholine rings is 1. The van der Waals surface area contributed by atoms with Crippen LogP contribution >= 0.6 is 0 Å². The molecular weight excluding hydrogens is 410 g/mol. The molecule has 1 aliphatic heterocycles. The lowest BCUT2D eigenvalue weighted by molar-refractivity contribution is -0.126. The van der Waals surface area contributed by atoms with E-state index in [9.17, 15) is 18.4 Å². The molecule has 2 fully saturated rings. The van der Waals surface area contributed by atoms with Crippen LogP contribution in [0.15, 0.2) is 18.2 Å². The van der Waals surface area contributed by atoms with Crippen LogP contribution in [0.1, 0.15) is 26.7 Å². The molecule has 0 spiro atoms. The number of amides is 2. The van der Waals surface area contributed by atoms with Crippen molar-refractivity contribution >= 4 is 23.2 Å². The molecule has 1 saturated carbocycles. The van der Waals surface area contributed by atoms with Crippen molar-refractivity contribution in [3.8, 4) is 5.75 Å². The molecule has 0 radical (unpaired) electrons. The number of rotatable bonds is 10. The summed E-state index contributed by atoms with van der Waals surface area (Å²) < 4.78 is 35.7. The fourth-order valence-electron chi connectivity index (χ4n) is 3.76. The Morgan fingerprint density at radius 3 is 2.71 bits per heavy atom. The van der Waals surface area contributed by atoms with Crippen molar-refractivity contribution in [2.45, 2.75) is 45.4 Å². The number of nitrogens with two attached hydrogens (primary N) is 1. The van der Waals surface area contributed by atoms with Gasteiger partial charge < -0.3 is 25.4 Å². The minimum Gasteiger partial charge on any atom is -0.433 e. The summed E-state index contributed by atoms with van der Waals surface area (Å²) in [5.41, 5.74) is 6.42. The number of ether oxygens (including phenoxy) is 2. The van der Waals surface area contributed by atoms with Gasteiger partial charge in [0.25, 0.3) is 5.91 Å². The molecule has 8 nitrogen and oxygen atoms in total. The van der Waals surface area contributed by atoms with Gasteiger partial charge in [0, 0.05) is 37.4 Å². The van der Waals surface area contributed by atoms with Crippen molar-refractivity contribution in [1.82, 2.24) is 4.90 Å². The molecule has 1 saturated heterocycles. The van der Waals surface area contributed by atoms with Gasteiger partial charge in [-0.1, -0.05) is 13.8 Å². The Morgan fingerprint density at radius 2 is 2.13 bits per heavy atom. The van der Waals surface area contributed by atoms with Gasteiger partial charge in [-0.15, -0.1) is 0 Å². The van der Waals surface area contributed by atoms with E-state index in [-0.39, 0.29) is 42.9 Å². The number of anilines is 2. The fraction of sp³-hybridized carbons (Fsp3) is 0.619. The first-order chi connectivity index (χ1) is 14.8. The lowest BCUT2D eigenvalue weighted by Gasteiger charge is -2.31. The third-order valence-corrected chi connectivity index (χ3v) is 5.24. The standard InChI is InChI=1S/C21H30F2N4O4/c1-13(2)11-27(15-4-5-15)17(10-24)20(29)25-14-3-6-16(18(9-14)31-21(22)23)26-7-8-30-12-19(26)28/h3,6,9,13,15,17,21H,4-5,7-8,10-12,24H2,1-2H3,(H,25,29)/t17-/m1/s1. The average Bonchev–Trinajstić information content (AvgIpc) is 3.53. The zero-order chi connectivity index (χ0) is 22.5. The summed E-state index contributed by atoms with van der Waals surface area (Å²) in [6, 6.07) is 4.18. The quantitative estimate of drug-likeness (QED) is 0.578. The second-order valence-electron chi connectivity index (χ2n) is 8.22. The first kappa shape index (κ1) is 23.4. The fourth-order valence-corrected chi connectivity index (χ4v) is 3.76. The highest BCUT2D eigenvalue weighted by Crippen LogP contribution is 2.34. The van der Waals surface area contributed by atoms with Gasteiger partial charge in [-0.25, -0.2) is 0 Å². The lowest BCUT2D eigenvalue weighted by atomic mass is 10.1. The Balaban J connectivity index is 1.79. The van der Waals surface area contributed by atoms with Gasteiger partial charge in [0.2, 0.25) is 5.91 Å². The third-order valence-electron chi connectivity index (χ3n) is 5.24. The van der Waals surface area contributed by atoms with Crippen molar-refractivity contribution < 1.29 is 27.8 Å². The van der Waals surface area contributed by atoms with Crippen LogP contribution in [-0.4, -0.2) is 68.3 Å². The molecule has 0 aromatic heterocycles. The van der Waals surface area contributed by atoms with Crippen molar-refractivity contribution in [3.63, 3.8) is 0 Å². The first-order valence-electron chi connectivity index (χ1n) is 10.5. The Labute approximate surface area is 180 Å². The molecule has 1 atom stereocenters. The molecule has 3 rings (SSSR count). The third kappa shape index (κ3) is 6.11. The van der Waals surface area contributed by atoms with E-state index in [0.717, 1.165) is 19.4 Å². The van der Waals surface area contributed by atoms with Crippen LogP contribution in [0.3, 0.4) is 0 Å². The van der Waals surface area contributed by atoms with E-state index >= 15 is 0 Å². The zero-order valence-electron chi connectivity index (χ0n) is 17.9. The maximum Gasteiger partial charge on any atom is 0.387 e. The molecule has 2 aliphatic rings. The van der Waals surface area contributed by atoms with Crippen molar-refractivity contribution in [2.24, 2.45) is 11.7 Å². The monoisotopic (exact) mass is 440 g/mol. The predicted octanol–water partition coefficient (Wildman–Crippen LogP) is 2.04. The maximum atomic E-state index is 13.0. The SMILES string of the molecule is CC(C)CN(C1CC1)[C@H](CN)C(=O)Nc1ccc(N2CCOCC2=O)c(OC(F)F)c1. The van der Waals surface area contributed by atoms with Gasteiger partial charge >= 0.3 is 6.61 Å². The first-order valence-corrected chi connectivity index (χ1v) is 10.5. The van der Waals surface area contributed by atoms with Crippen LogP contribution in [0.5, 0.6) is 5.75 Å². The highest BCUT2D eigenvalue weighted by atomic mass is 19.3. The minimum atomic E-state index is -3.07. The summed E-state index contributed by atoms with van der Waals surface area (Å²) in [5, 5.41) is 2.77. The Kier molecular flexibility index (Phi) is 7.79. The molecule has 1 aliphatic carbocycles. The number of halogens is 2. The molecule has 0 bridgehead atoms. The highest BCUT2D eigenvalue weighted by Gasteiger charge is 2.37. The second kappa shape index (κ2) is 10.3. The lowest BCUT2D eigenvalue weighted by Crippen LogP contribution is -2.50. The van der Waals surface area contributed by atoms with Crippen LogP contribution in [0.4, 0.5) is 20.2 Å². The van der Waals surface area contributed by atoms with Crippen LogP contribution in [0.25, 0.3) is 0 Å². The van der Waals surface area contributed by atoms with Crippen LogP contribution < -0.4 is 20.7 Å². The zero-order valence-corrected chi connectivity index (χ0v) is 17.9. The van der Waals surface area contributed by atoms with E-state index in [4.69, 9.17) is 10.5 Å². The van der Waals surface area contributed by atoms with Crippen molar-refractivity contribution in [3.05, 3.63) is 18.2 Å². The van der Waals surface area contributed by atoms with E-state index in [0.29, 0.717) is 24.3 Å². The molecule has 1 aromatic carbocycles. The number of carbonyl (C=O) groups excluding carboxylic acids is 2. The molecule has 172 valence electrons. The summed E-state index contributed by atoms with van der Waals surface area (Å²) in [5.74, 6) is -0.459. The number of hydrogen-bond acceptors (Lipinski definition) is 6. The van der Waals surface area contributed by atoms with Gasteiger partial charge in [-0.05, 0) is 30.9 Å². The molecule has 1 aromatic rings. The van der Waals surface area contributed by atoms with Crippen LogP contribution in [-0.2, 0) is 14.3 Å². The molecule has 0 unspecified atom stereocenters. The van der Waals surface area contributed by atoms with E-state index in [1.54, 1.807) is 6.07 Å². The summed E-state index contributed by atoms with van der Waals surface area (Å²) in [6.07, 6.45) is 2.07. The molecule has 10 heteroatoms. The Bertz CT molecular complexity index is 789. The smallest absolute Gasteiger partial charge is 0.387 e. The maximum absolute atomic E-state index is 13.0. The summed E-state index contributed by atoms with van der Waals surface area (Å²) >= 11 is 0. The number of nitrogens with one attached hydrogen (secondary N) is 1. The van der Waals surface area contributed by atoms with Crippen molar-refractivity contribution in [1.29, 1.82) is 0 Å². The molecule has 2 amide bonds. The average molecular weight is 440 g/mol. The molecule has 3 N–H and O–H groups in total. The molecule has 31 heavy (non-hydrogen) atoms. The predicted molar refractivity (Wildman–Crippen MR) is 112 cm³/mol. The number of benzene rings is 1.